The number of amides is 1. The molecule has 1 fully saturated rings. The van der Waals surface area contributed by atoms with Crippen LogP contribution in [0.5, 0.6) is 0 Å². The van der Waals surface area contributed by atoms with Crippen LogP contribution in [0.15, 0.2) is 30.3 Å². The van der Waals surface area contributed by atoms with Crippen LogP contribution in [0.4, 0.5) is 4.79 Å². The lowest BCUT2D eigenvalue weighted by Gasteiger charge is -2.22. The van der Waals surface area contributed by atoms with Crippen LogP contribution >= 0.6 is 0 Å². The lowest BCUT2D eigenvalue weighted by molar-refractivity contribution is 0.0461. The number of alkyl carbamates (subject to hydrolysis) is 1. The Morgan fingerprint density at radius 3 is 2.62 bits per heavy atom. The van der Waals surface area contributed by atoms with E-state index in [1.54, 1.807) is 0 Å². The zero-order valence-electron chi connectivity index (χ0n) is 12.9. The molecule has 0 spiro atoms. The molecule has 1 unspecified atom stereocenters. The van der Waals surface area contributed by atoms with Gasteiger partial charge in [-0.05, 0) is 26.3 Å². The first-order valence-electron chi connectivity index (χ1n) is 7.27. The van der Waals surface area contributed by atoms with Crippen LogP contribution < -0.4 is 5.32 Å². The van der Waals surface area contributed by atoms with Crippen molar-refractivity contribution in [2.75, 3.05) is 13.1 Å². The quantitative estimate of drug-likeness (QED) is 0.891. The van der Waals surface area contributed by atoms with E-state index in [2.05, 4.69) is 22.3 Å². The average Bonchev–Trinajstić information content (AvgIpc) is 2.68. The summed E-state index contributed by atoms with van der Waals surface area (Å²) in [5.41, 5.74) is 0.666. The fourth-order valence-electron chi connectivity index (χ4n) is 2.44. The highest BCUT2D eigenvalue weighted by molar-refractivity contribution is 5.68. The van der Waals surface area contributed by atoms with Gasteiger partial charge in [-0.1, -0.05) is 30.3 Å². The molecule has 5 nitrogen and oxygen atoms in total. The van der Waals surface area contributed by atoms with E-state index < -0.39 is 17.8 Å². The molecule has 5 heteroatoms. The van der Waals surface area contributed by atoms with Crippen molar-refractivity contribution in [3.8, 4) is 0 Å². The molecule has 2 atom stereocenters. The van der Waals surface area contributed by atoms with E-state index in [4.69, 9.17) is 4.74 Å². The number of β-amino-alcohol motifs (C(OH)–C–C–N with tert-alkyl or cyclic N) is 1. The summed E-state index contributed by atoms with van der Waals surface area (Å²) in [7, 11) is 0. The SMILES string of the molecule is CC(C)(C)OC(=O)NC1CN(Cc2ccccc2)C[C@H]1O. The molecule has 1 aliphatic rings. The molecule has 0 aromatic heterocycles. The number of nitrogens with zero attached hydrogens (tertiary/aromatic N) is 1. The number of carbonyl (C=O) groups is 1. The van der Waals surface area contributed by atoms with Crippen molar-refractivity contribution >= 4 is 6.09 Å². The fraction of sp³-hybridized carbons (Fsp3) is 0.562. The maximum absolute atomic E-state index is 11.8. The molecule has 0 aliphatic carbocycles. The zero-order valence-corrected chi connectivity index (χ0v) is 12.9. The monoisotopic (exact) mass is 292 g/mol. The van der Waals surface area contributed by atoms with Crippen molar-refractivity contribution < 1.29 is 14.6 Å². The number of aliphatic hydroxyl groups is 1. The van der Waals surface area contributed by atoms with E-state index >= 15 is 0 Å². The normalized spacial score (nSPS) is 23.0. The number of hydrogen-bond donors (Lipinski definition) is 2. The molecule has 2 N–H and O–H groups in total. The Hall–Kier alpha value is -1.59. The Balaban J connectivity index is 1.85. The van der Waals surface area contributed by atoms with Crippen LogP contribution in [0.1, 0.15) is 26.3 Å². The topological polar surface area (TPSA) is 61.8 Å². The van der Waals surface area contributed by atoms with Gasteiger partial charge in [-0.3, -0.25) is 4.90 Å². The summed E-state index contributed by atoms with van der Waals surface area (Å²) < 4.78 is 5.22. The highest BCUT2D eigenvalue weighted by Crippen LogP contribution is 2.15. The second kappa shape index (κ2) is 6.45. The molecule has 116 valence electrons. The van der Waals surface area contributed by atoms with E-state index in [1.165, 1.54) is 5.56 Å². The van der Waals surface area contributed by atoms with Crippen LogP contribution in [0, 0.1) is 0 Å². The van der Waals surface area contributed by atoms with E-state index in [9.17, 15) is 9.90 Å². The van der Waals surface area contributed by atoms with E-state index in [-0.39, 0.29) is 6.04 Å². The molecule has 1 aromatic carbocycles. The molecule has 1 heterocycles. The molecular weight excluding hydrogens is 268 g/mol. The van der Waals surface area contributed by atoms with Crippen LogP contribution in [-0.4, -0.2) is 46.9 Å². The molecule has 0 bridgehead atoms. The molecule has 2 rings (SSSR count). The maximum Gasteiger partial charge on any atom is 0.408 e. The minimum absolute atomic E-state index is 0.288. The van der Waals surface area contributed by atoms with E-state index in [1.807, 2.05) is 39.0 Å². The third-order valence-corrected chi connectivity index (χ3v) is 3.32. The molecule has 1 aromatic rings. The fourth-order valence-corrected chi connectivity index (χ4v) is 2.44. The van der Waals surface area contributed by atoms with Crippen molar-refractivity contribution in [1.29, 1.82) is 0 Å². The van der Waals surface area contributed by atoms with Gasteiger partial charge in [0.15, 0.2) is 0 Å². The Labute approximate surface area is 125 Å². The van der Waals surface area contributed by atoms with Crippen LogP contribution in [-0.2, 0) is 11.3 Å². The van der Waals surface area contributed by atoms with Crippen LogP contribution in [0.3, 0.4) is 0 Å². The van der Waals surface area contributed by atoms with Gasteiger partial charge in [0.1, 0.15) is 5.60 Å². The van der Waals surface area contributed by atoms with Gasteiger partial charge in [-0.2, -0.15) is 0 Å². The molecule has 21 heavy (non-hydrogen) atoms. The van der Waals surface area contributed by atoms with Gasteiger partial charge in [-0.15, -0.1) is 0 Å². The largest absolute Gasteiger partial charge is 0.444 e. The summed E-state index contributed by atoms with van der Waals surface area (Å²) in [4.78, 5) is 13.9. The Bertz CT molecular complexity index is 470. The summed E-state index contributed by atoms with van der Waals surface area (Å²) in [6, 6.07) is 9.80. The first kappa shape index (κ1) is 15.8. The molecule has 0 saturated carbocycles. The van der Waals surface area contributed by atoms with Gasteiger partial charge >= 0.3 is 6.09 Å². The smallest absolute Gasteiger partial charge is 0.408 e. The predicted molar refractivity (Wildman–Crippen MR) is 80.9 cm³/mol. The number of rotatable bonds is 3. The van der Waals surface area contributed by atoms with E-state index in [0.29, 0.717) is 13.1 Å². The number of hydrogen-bond acceptors (Lipinski definition) is 4. The summed E-state index contributed by atoms with van der Waals surface area (Å²) in [6.07, 6.45) is -1.05. The van der Waals surface area contributed by atoms with Gasteiger partial charge in [-0.25, -0.2) is 4.79 Å². The molecule has 1 amide bonds. The number of aliphatic hydroxyl groups excluding tert-OH is 1. The lowest BCUT2D eigenvalue weighted by atomic mass is 10.2. The van der Waals surface area contributed by atoms with Crippen molar-refractivity contribution in [3.63, 3.8) is 0 Å². The first-order valence-corrected chi connectivity index (χ1v) is 7.27. The third kappa shape index (κ3) is 5.02. The molecule has 1 saturated heterocycles. The van der Waals surface area contributed by atoms with Gasteiger partial charge in [0.25, 0.3) is 0 Å². The Morgan fingerprint density at radius 2 is 2.00 bits per heavy atom. The number of ether oxygens (including phenoxy) is 1. The first-order chi connectivity index (χ1) is 9.83. The summed E-state index contributed by atoms with van der Waals surface area (Å²) in [5.74, 6) is 0. The lowest BCUT2D eigenvalue weighted by Crippen LogP contribution is -2.45. The van der Waals surface area contributed by atoms with Crippen molar-refractivity contribution in [1.82, 2.24) is 10.2 Å². The van der Waals surface area contributed by atoms with Crippen molar-refractivity contribution in [3.05, 3.63) is 35.9 Å². The highest BCUT2D eigenvalue weighted by Gasteiger charge is 2.33. The van der Waals surface area contributed by atoms with Crippen LogP contribution in [0.2, 0.25) is 0 Å². The average molecular weight is 292 g/mol. The maximum atomic E-state index is 11.8. The Kier molecular flexibility index (Phi) is 4.85. The standard InChI is InChI=1S/C16H24N2O3/c1-16(2,3)21-15(20)17-13-10-18(11-14(13)19)9-12-7-5-4-6-8-12/h4-8,13-14,19H,9-11H2,1-3H3,(H,17,20)/t13?,14-/m1/s1. The Morgan fingerprint density at radius 1 is 1.33 bits per heavy atom. The number of likely N-dealkylation sites (tertiary alicyclic amines) is 1. The number of benzene rings is 1. The second-order valence-corrected chi connectivity index (χ2v) is 6.50. The molecule has 1 aliphatic heterocycles. The minimum atomic E-state index is -0.568. The van der Waals surface area contributed by atoms with Gasteiger partial charge in [0, 0.05) is 19.6 Å². The highest BCUT2D eigenvalue weighted by atomic mass is 16.6. The summed E-state index contributed by atoms with van der Waals surface area (Å²) >= 11 is 0. The third-order valence-electron chi connectivity index (χ3n) is 3.32. The number of carbonyl (C=O) groups excluding carboxylic acids is 1. The molecule has 0 radical (unpaired) electrons. The van der Waals surface area contributed by atoms with Gasteiger partial charge in [0.2, 0.25) is 0 Å². The van der Waals surface area contributed by atoms with E-state index in [0.717, 1.165) is 6.54 Å². The van der Waals surface area contributed by atoms with Crippen LogP contribution in [0.25, 0.3) is 0 Å². The second-order valence-electron chi connectivity index (χ2n) is 6.50. The number of nitrogens with one attached hydrogen (secondary N) is 1. The zero-order chi connectivity index (χ0) is 15.5. The van der Waals surface area contributed by atoms with Crippen molar-refractivity contribution in [2.45, 2.75) is 45.1 Å². The van der Waals surface area contributed by atoms with Gasteiger partial charge in [0.05, 0.1) is 12.1 Å². The molecular formula is C16H24N2O3. The minimum Gasteiger partial charge on any atom is -0.444 e. The summed E-state index contributed by atoms with van der Waals surface area (Å²) in [5, 5.41) is 12.8. The predicted octanol–water partition coefficient (Wildman–Crippen LogP) is 1.76. The van der Waals surface area contributed by atoms with Gasteiger partial charge < -0.3 is 15.2 Å². The van der Waals surface area contributed by atoms with Crippen molar-refractivity contribution in [2.24, 2.45) is 0 Å². The summed E-state index contributed by atoms with van der Waals surface area (Å²) in [6.45, 7) is 7.40.